The summed E-state index contributed by atoms with van der Waals surface area (Å²) in [7, 11) is 1.31. The highest BCUT2D eigenvalue weighted by molar-refractivity contribution is 6.42. The van der Waals surface area contributed by atoms with Crippen molar-refractivity contribution in [3.05, 3.63) is 65.7 Å². The van der Waals surface area contributed by atoms with Crippen molar-refractivity contribution in [2.24, 2.45) is 5.16 Å². The molecular formula is C16H15NO4. The van der Waals surface area contributed by atoms with E-state index in [1.54, 1.807) is 18.2 Å². The van der Waals surface area contributed by atoms with Crippen molar-refractivity contribution in [2.75, 3.05) is 7.11 Å². The summed E-state index contributed by atoms with van der Waals surface area (Å²) >= 11 is 0. The van der Waals surface area contributed by atoms with Gasteiger partial charge in [0, 0.05) is 5.56 Å². The predicted molar refractivity (Wildman–Crippen MR) is 78.4 cm³/mol. The molecule has 2 aromatic carbocycles. The molecule has 0 atom stereocenters. The maximum Gasteiger partial charge on any atom is 0.358 e. The summed E-state index contributed by atoms with van der Waals surface area (Å²) in [6.07, 6.45) is 0. The zero-order valence-electron chi connectivity index (χ0n) is 11.5. The maximum atomic E-state index is 11.3. The van der Waals surface area contributed by atoms with Gasteiger partial charge in [-0.1, -0.05) is 47.6 Å². The number of carboxylic acids is 1. The maximum absolute atomic E-state index is 11.3. The van der Waals surface area contributed by atoms with Gasteiger partial charge < -0.3 is 14.7 Å². The minimum absolute atomic E-state index is 0.148. The highest BCUT2D eigenvalue weighted by atomic mass is 16.6. The quantitative estimate of drug-likeness (QED) is 0.654. The summed E-state index contributed by atoms with van der Waals surface area (Å²) in [4.78, 5) is 15.9. The molecule has 1 N–H and O–H groups in total. The summed E-state index contributed by atoms with van der Waals surface area (Å²) in [6, 6.07) is 16.4. The number of para-hydroxylation sites is 1. The molecule has 0 saturated carbocycles. The number of ether oxygens (including phenoxy) is 1. The molecule has 0 aromatic heterocycles. The Hall–Kier alpha value is -2.82. The lowest BCUT2D eigenvalue weighted by atomic mass is 10.0. The van der Waals surface area contributed by atoms with E-state index in [1.807, 2.05) is 36.4 Å². The van der Waals surface area contributed by atoms with Gasteiger partial charge in [0.15, 0.2) is 5.71 Å². The molecule has 0 aliphatic heterocycles. The van der Waals surface area contributed by atoms with Crippen LogP contribution in [0.4, 0.5) is 0 Å². The average Bonchev–Trinajstić information content (AvgIpc) is 2.52. The molecule has 0 spiro atoms. The van der Waals surface area contributed by atoms with Crippen LogP contribution in [0, 0.1) is 0 Å². The smallest absolute Gasteiger partial charge is 0.358 e. The van der Waals surface area contributed by atoms with Crippen molar-refractivity contribution >= 4 is 11.7 Å². The number of carbonyl (C=O) groups is 1. The first kappa shape index (κ1) is 14.6. The van der Waals surface area contributed by atoms with E-state index in [9.17, 15) is 9.90 Å². The van der Waals surface area contributed by atoms with Gasteiger partial charge in [-0.15, -0.1) is 0 Å². The van der Waals surface area contributed by atoms with E-state index < -0.39 is 5.97 Å². The fourth-order valence-corrected chi connectivity index (χ4v) is 1.85. The van der Waals surface area contributed by atoms with E-state index in [4.69, 9.17) is 4.74 Å². The van der Waals surface area contributed by atoms with Gasteiger partial charge in [0.05, 0.1) is 0 Å². The van der Waals surface area contributed by atoms with Gasteiger partial charge in [0.25, 0.3) is 0 Å². The van der Waals surface area contributed by atoms with Crippen LogP contribution in [0.1, 0.15) is 11.1 Å². The molecule has 5 heteroatoms. The first-order valence-electron chi connectivity index (χ1n) is 6.33. The Balaban J connectivity index is 2.24. The molecule has 0 saturated heterocycles. The van der Waals surface area contributed by atoms with Crippen LogP contribution < -0.4 is 4.74 Å². The first-order chi connectivity index (χ1) is 10.2. The zero-order valence-corrected chi connectivity index (χ0v) is 11.5. The number of benzene rings is 2. The van der Waals surface area contributed by atoms with Crippen LogP contribution in [0.2, 0.25) is 0 Å². The van der Waals surface area contributed by atoms with Crippen molar-refractivity contribution in [1.82, 2.24) is 0 Å². The Morgan fingerprint density at radius 2 is 1.76 bits per heavy atom. The van der Waals surface area contributed by atoms with Crippen LogP contribution in [-0.2, 0) is 16.2 Å². The molecule has 0 amide bonds. The van der Waals surface area contributed by atoms with Gasteiger partial charge in [-0.2, -0.15) is 0 Å². The SMILES string of the molecule is CON=C(C(=O)O)c1ccccc1COc1ccccc1. The van der Waals surface area contributed by atoms with Crippen LogP contribution in [0.15, 0.2) is 59.8 Å². The van der Waals surface area contributed by atoms with Crippen molar-refractivity contribution in [3.8, 4) is 5.75 Å². The fraction of sp³-hybridized carbons (Fsp3) is 0.125. The molecule has 0 aliphatic rings. The van der Waals surface area contributed by atoms with Gasteiger partial charge >= 0.3 is 5.97 Å². The van der Waals surface area contributed by atoms with E-state index in [-0.39, 0.29) is 12.3 Å². The number of rotatable bonds is 6. The van der Waals surface area contributed by atoms with E-state index in [0.29, 0.717) is 11.3 Å². The van der Waals surface area contributed by atoms with E-state index in [1.165, 1.54) is 7.11 Å². The van der Waals surface area contributed by atoms with Gasteiger partial charge in [0.1, 0.15) is 19.5 Å². The highest BCUT2D eigenvalue weighted by Crippen LogP contribution is 2.15. The van der Waals surface area contributed by atoms with Crippen molar-refractivity contribution in [3.63, 3.8) is 0 Å². The summed E-state index contributed by atoms with van der Waals surface area (Å²) in [5.74, 6) is -0.433. The molecule has 0 radical (unpaired) electrons. The second kappa shape index (κ2) is 7.09. The molecule has 2 rings (SSSR count). The lowest BCUT2D eigenvalue weighted by molar-refractivity contribution is -0.129. The summed E-state index contributed by atoms with van der Waals surface area (Å²) in [5, 5.41) is 12.8. The Kier molecular flexibility index (Phi) is 4.93. The standard InChI is InChI=1S/C16H15NO4/c1-20-17-15(16(18)19)14-10-6-5-7-12(14)11-21-13-8-3-2-4-9-13/h2-10H,11H2,1H3,(H,18,19). The van der Waals surface area contributed by atoms with E-state index in [2.05, 4.69) is 9.99 Å². The van der Waals surface area contributed by atoms with Crippen molar-refractivity contribution < 1.29 is 19.5 Å². The minimum Gasteiger partial charge on any atom is -0.489 e. The molecule has 2 aromatic rings. The van der Waals surface area contributed by atoms with Crippen LogP contribution in [0.3, 0.4) is 0 Å². The second-order valence-electron chi connectivity index (χ2n) is 4.19. The summed E-state index contributed by atoms with van der Waals surface area (Å²) in [5.41, 5.74) is 1.05. The molecule has 21 heavy (non-hydrogen) atoms. The molecular weight excluding hydrogens is 270 g/mol. The van der Waals surface area contributed by atoms with E-state index in [0.717, 1.165) is 5.56 Å². The topological polar surface area (TPSA) is 68.1 Å². The van der Waals surface area contributed by atoms with Crippen LogP contribution in [-0.4, -0.2) is 23.9 Å². The number of carboxylic acid groups (broad SMARTS) is 1. The Morgan fingerprint density at radius 1 is 1.10 bits per heavy atom. The molecule has 0 bridgehead atoms. The molecule has 0 fully saturated rings. The average molecular weight is 285 g/mol. The third-order valence-corrected chi connectivity index (χ3v) is 2.80. The lowest BCUT2D eigenvalue weighted by Crippen LogP contribution is -2.17. The van der Waals surface area contributed by atoms with Gasteiger partial charge in [-0.25, -0.2) is 4.79 Å². The Labute approximate surface area is 122 Å². The second-order valence-corrected chi connectivity index (χ2v) is 4.19. The Morgan fingerprint density at radius 3 is 2.43 bits per heavy atom. The molecule has 108 valence electrons. The number of oxime groups is 1. The normalized spacial score (nSPS) is 11.0. The number of hydrogen-bond acceptors (Lipinski definition) is 4. The van der Waals surface area contributed by atoms with Crippen molar-refractivity contribution in [2.45, 2.75) is 6.61 Å². The van der Waals surface area contributed by atoms with Gasteiger partial charge in [0.2, 0.25) is 0 Å². The molecule has 0 aliphatic carbocycles. The zero-order chi connectivity index (χ0) is 15.1. The summed E-state index contributed by atoms with van der Waals surface area (Å²) in [6.45, 7) is 0.246. The van der Waals surface area contributed by atoms with Gasteiger partial charge in [-0.3, -0.25) is 0 Å². The summed E-state index contributed by atoms with van der Waals surface area (Å²) < 4.78 is 5.65. The fourth-order valence-electron chi connectivity index (χ4n) is 1.85. The lowest BCUT2D eigenvalue weighted by Gasteiger charge is -2.10. The third kappa shape index (κ3) is 3.82. The van der Waals surface area contributed by atoms with Crippen LogP contribution in [0.25, 0.3) is 0 Å². The first-order valence-corrected chi connectivity index (χ1v) is 6.33. The predicted octanol–water partition coefficient (Wildman–Crippen LogP) is 2.70. The number of aliphatic carboxylic acids is 1. The molecule has 0 unspecified atom stereocenters. The third-order valence-electron chi connectivity index (χ3n) is 2.80. The highest BCUT2D eigenvalue weighted by Gasteiger charge is 2.17. The van der Waals surface area contributed by atoms with E-state index >= 15 is 0 Å². The largest absolute Gasteiger partial charge is 0.489 e. The number of hydrogen-bond donors (Lipinski definition) is 1. The van der Waals surface area contributed by atoms with Crippen molar-refractivity contribution in [1.29, 1.82) is 0 Å². The molecule has 0 heterocycles. The van der Waals surface area contributed by atoms with Crippen LogP contribution in [0.5, 0.6) is 5.75 Å². The van der Waals surface area contributed by atoms with Gasteiger partial charge in [-0.05, 0) is 17.7 Å². The Bertz CT molecular complexity index is 638. The molecule has 5 nitrogen and oxygen atoms in total. The monoisotopic (exact) mass is 285 g/mol. The number of nitrogens with zero attached hydrogens (tertiary/aromatic N) is 1. The minimum atomic E-state index is -1.15. The van der Waals surface area contributed by atoms with Crippen LogP contribution >= 0.6 is 0 Å².